The molecule has 1 N–H and O–H groups in total. The SMILES string of the molecule is CCCCCCCCCCCCCCCCOP(O)(=S)S. The smallest absolute Gasteiger partial charge is 0.241 e. The Morgan fingerprint density at radius 3 is 1.43 bits per heavy atom. The zero-order chi connectivity index (χ0) is 15.8. The van der Waals surface area contributed by atoms with Crippen molar-refractivity contribution in [1.29, 1.82) is 0 Å². The van der Waals surface area contributed by atoms with Gasteiger partial charge in [0.25, 0.3) is 0 Å². The first-order chi connectivity index (χ1) is 10.1. The van der Waals surface area contributed by atoms with Crippen molar-refractivity contribution in [3.8, 4) is 0 Å². The van der Waals surface area contributed by atoms with E-state index in [4.69, 9.17) is 16.3 Å². The van der Waals surface area contributed by atoms with Gasteiger partial charge < -0.3 is 9.42 Å². The first-order valence-electron chi connectivity index (χ1n) is 8.76. The Morgan fingerprint density at radius 2 is 1.10 bits per heavy atom. The van der Waals surface area contributed by atoms with Gasteiger partial charge in [-0.15, -0.1) is 0 Å². The van der Waals surface area contributed by atoms with Gasteiger partial charge in [0.15, 0.2) is 0 Å². The van der Waals surface area contributed by atoms with Crippen LogP contribution in [0.1, 0.15) is 96.8 Å². The molecule has 0 aliphatic carbocycles. The first-order valence-corrected chi connectivity index (χ1v) is 12.6. The fourth-order valence-corrected chi connectivity index (χ4v) is 3.32. The van der Waals surface area contributed by atoms with E-state index in [1.54, 1.807) is 0 Å². The molecule has 0 aromatic rings. The van der Waals surface area contributed by atoms with E-state index in [9.17, 15) is 4.89 Å². The molecule has 0 aliphatic rings. The van der Waals surface area contributed by atoms with Gasteiger partial charge >= 0.3 is 0 Å². The van der Waals surface area contributed by atoms with E-state index >= 15 is 0 Å². The molecule has 1 unspecified atom stereocenters. The lowest BCUT2D eigenvalue weighted by Gasteiger charge is -2.08. The van der Waals surface area contributed by atoms with Crippen molar-refractivity contribution in [2.24, 2.45) is 0 Å². The largest absolute Gasteiger partial charge is 0.338 e. The van der Waals surface area contributed by atoms with E-state index in [1.807, 2.05) is 0 Å². The van der Waals surface area contributed by atoms with Crippen LogP contribution in [0.2, 0.25) is 0 Å². The summed E-state index contributed by atoms with van der Waals surface area (Å²) >= 11 is 8.53. The highest BCUT2D eigenvalue weighted by Crippen LogP contribution is 2.47. The predicted molar refractivity (Wildman–Crippen MR) is 102 cm³/mol. The van der Waals surface area contributed by atoms with Gasteiger partial charge in [0, 0.05) is 0 Å². The van der Waals surface area contributed by atoms with Gasteiger partial charge in [0.1, 0.15) is 0 Å². The topological polar surface area (TPSA) is 29.5 Å². The summed E-state index contributed by atoms with van der Waals surface area (Å²) in [5, 5.41) is 0. The van der Waals surface area contributed by atoms with Crippen LogP contribution in [0.4, 0.5) is 0 Å². The monoisotopic (exact) mass is 354 g/mol. The molecule has 0 aromatic heterocycles. The summed E-state index contributed by atoms with van der Waals surface area (Å²) in [5.74, 6) is 0. The van der Waals surface area contributed by atoms with E-state index in [0.717, 1.165) is 6.42 Å². The van der Waals surface area contributed by atoms with Crippen LogP contribution in [0.3, 0.4) is 0 Å². The number of thiol groups is 1. The van der Waals surface area contributed by atoms with Crippen molar-refractivity contribution < 1.29 is 9.42 Å². The van der Waals surface area contributed by atoms with Crippen molar-refractivity contribution in [3.63, 3.8) is 0 Å². The summed E-state index contributed by atoms with van der Waals surface area (Å²) in [7, 11) is 0. The molecule has 0 heterocycles. The normalized spacial score (nSPS) is 14.2. The second-order valence-electron chi connectivity index (χ2n) is 5.92. The van der Waals surface area contributed by atoms with Crippen molar-refractivity contribution in [2.45, 2.75) is 96.8 Å². The maximum absolute atomic E-state index is 9.19. The molecule has 0 bridgehead atoms. The number of hydrogen-bond acceptors (Lipinski definition) is 2. The van der Waals surface area contributed by atoms with Crippen LogP contribution < -0.4 is 0 Å². The Morgan fingerprint density at radius 1 is 0.762 bits per heavy atom. The Bertz CT molecular complexity index is 257. The van der Waals surface area contributed by atoms with E-state index in [-0.39, 0.29) is 0 Å². The van der Waals surface area contributed by atoms with Crippen molar-refractivity contribution in [3.05, 3.63) is 0 Å². The van der Waals surface area contributed by atoms with Gasteiger partial charge in [0.05, 0.1) is 6.61 Å². The summed E-state index contributed by atoms with van der Waals surface area (Å²) in [6.45, 7) is 2.82. The zero-order valence-electron chi connectivity index (χ0n) is 13.8. The van der Waals surface area contributed by atoms with E-state index < -0.39 is 5.69 Å². The molecule has 0 amide bonds. The lowest BCUT2D eigenvalue weighted by molar-refractivity contribution is 0.307. The predicted octanol–water partition coefficient (Wildman–Crippen LogP) is 6.63. The Hall–Kier alpha value is 0.920. The highest BCUT2D eigenvalue weighted by molar-refractivity contribution is 8.59. The average Bonchev–Trinajstić information content (AvgIpc) is 2.42. The quantitative estimate of drug-likeness (QED) is 0.185. The van der Waals surface area contributed by atoms with Gasteiger partial charge in [0.2, 0.25) is 5.69 Å². The number of rotatable bonds is 16. The fraction of sp³-hybridized carbons (Fsp3) is 1.00. The van der Waals surface area contributed by atoms with Gasteiger partial charge in [-0.25, -0.2) is 0 Å². The van der Waals surface area contributed by atoms with Crippen LogP contribution in [-0.4, -0.2) is 11.5 Å². The summed E-state index contributed by atoms with van der Waals surface area (Å²) in [4.78, 5) is 9.19. The summed E-state index contributed by atoms with van der Waals surface area (Å²) in [6.07, 6.45) is 18.8. The molecule has 0 saturated carbocycles. The summed E-state index contributed by atoms with van der Waals surface area (Å²) in [5.41, 5.74) is -2.72. The van der Waals surface area contributed by atoms with Crippen LogP contribution in [0.5, 0.6) is 0 Å². The molecule has 0 aliphatic heterocycles. The molecular formula is C16H35O2PS2. The zero-order valence-corrected chi connectivity index (χ0v) is 16.4. The molecule has 0 saturated heterocycles. The van der Waals surface area contributed by atoms with Crippen LogP contribution >= 0.6 is 17.9 Å². The van der Waals surface area contributed by atoms with E-state index in [0.29, 0.717) is 6.61 Å². The minimum atomic E-state index is -2.72. The van der Waals surface area contributed by atoms with Crippen LogP contribution in [0, 0.1) is 0 Å². The number of hydrogen-bond donors (Lipinski definition) is 2. The highest BCUT2D eigenvalue weighted by atomic mass is 32.9. The molecule has 5 heteroatoms. The fourth-order valence-electron chi connectivity index (χ4n) is 2.48. The molecule has 2 nitrogen and oxygen atoms in total. The van der Waals surface area contributed by atoms with Crippen molar-refractivity contribution in [1.82, 2.24) is 0 Å². The average molecular weight is 355 g/mol. The van der Waals surface area contributed by atoms with Gasteiger partial charge in [-0.3, -0.25) is 0 Å². The maximum Gasteiger partial charge on any atom is 0.241 e. The molecule has 1 atom stereocenters. The van der Waals surface area contributed by atoms with Crippen LogP contribution in [0.25, 0.3) is 0 Å². The third kappa shape index (κ3) is 20.9. The second-order valence-corrected chi connectivity index (χ2v) is 11.1. The van der Waals surface area contributed by atoms with Gasteiger partial charge in [-0.1, -0.05) is 103 Å². The highest BCUT2D eigenvalue weighted by Gasteiger charge is 2.04. The minimum Gasteiger partial charge on any atom is -0.338 e. The van der Waals surface area contributed by atoms with Crippen molar-refractivity contribution in [2.75, 3.05) is 6.61 Å². The summed E-state index contributed by atoms with van der Waals surface area (Å²) < 4.78 is 5.08. The molecule has 0 aromatic carbocycles. The number of unbranched alkanes of at least 4 members (excludes halogenated alkanes) is 13. The molecule has 0 fully saturated rings. The van der Waals surface area contributed by atoms with Gasteiger partial charge in [-0.05, 0) is 18.2 Å². The van der Waals surface area contributed by atoms with Crippen LogP contribution in [-0.2, 0) is 16.3 Å². The summed E-state index contributed by atoms with van der Waals surface area (Å²) in [6, 6.07) is 0. The first kappa shape index (κ1) is 21.9. The Kier molecular flexibility index (Phi) is 16.5. The van der Waals surface area contributed by atoms with Crippen molar-refractivity contribution >= 4 is 29.7 Å². The lowest BCUT2D eigenvalue weighted by atomic mass is 10.0. The van der Waals surface area contributed by atoms with Gasteiger partial charge in [-0.2, -0.15) is 0 Å². The van der Waals surface area contributed by atoms with Crippen LogP contribution in [0.15, 0.2) is 0 Å². The molecule has 0 rings (SSSR count). The van der Waals surface area contributed by atoms with E-state index in [1.165, 1.54) is 83.5 Å². The molecular weight excluding hydrogens is 319 g/mol. The second kappa shape index (κ2) is 15.8. The Balaban J connectivity index is 3.01. The van der Waals surface area contributed by atoms with E-state index in [2.05, 4.69) is 19.2 Å². The maximum atomic E-state index is 9.19. The third-order valence-electron chi connectivity index (χ3n) is 3.76. The lowest BCUT2D eigenvalue weighted by Crippen LogP contribution is -1.89. The standard InChI is InChI=1S/C16H35O2PS2/c1-2-3-4-5-6-7-8-9-10-11-12-13-14-15-16-18-19(17,20)21/h2-16H2,1H3,(H2,17,20,21). The molecule has 0 radical (unpaired) electrons. The third-order valence-corrected chi connectivity index (χ3v) is 4.94. The minimum absolute atomic E-state index is 0.551. The molecule has 0 spiro atoms. The molecule has 128 valence electrons. The molecule has 21 heavy (non-hydrogen) atoms. The Labute approximate surface area is 142 Å².